The summed E-state index contributed by atoms with van der Waals surface area (Å²) < 4.78 is 0.898. The molecule has 0 aromatic carbocycles. The predicted octanol–water partition coefficient (Wildman–Crippen LogP) is 3.68. The molecule has 0 spiro atoms. The summed E-state index contributed by atoms with van der Waals surface area (Å²) in [5.74, 6) is 1.05. The van der Waals surface area contributed by atoms with Gasteiger partial charge in [0.2, 0.25) is 0 Å². The first-order chi connectivity index (χ1) is 7.28. The van der Waals surface area contributed by atoms with Crippen LogP contribution in [0.5, 0.6) is 0 Å². The molecule has 0 radical (unpaired) electrons. The fraction of sp³-hybridized carbons (Fsp3) is 0.667. The largest absolute Gasteiger partial charge is 0.311 e. The first-order valence-corrected chi connectivity index (χ1v) is 6.93. The minimum Gasteiger partial charge on any atom is -0.311 e. The fourth-order valence-corrected chi connectivity index (χ4v) is 3.52. The van der Waals surface area contributed by atoms with Crippen molar-refractivity contribution in [2.24, 2.45) is 11.3 Å². The molecule has 0 aliphatic heterocycles. The molecule has 1 N–H and O–H groups in total. The Labute approximate surface area is 99.8 Å². The van der Waals surface area contributed by atoms with Gasteiger partial charge in [-0.3, -0.25) is 0 Å². The zero-order valence-electron chi connectivity index (χ0n) is 8.76. The second-order valence-electron chi connectivity index (χ2n) is 4.95. The summed E-state index contributed by atoms with van der Waals surface area (Å²) in [7, 11) is 0. The zero-order valence-corrected chi connectivity index (χ0v) is 10.3. The maximum absolute atomic E-state index is 5.89. The van der Waals surface area contributed by atoms with Gasteiger partial charge in [0.1, 0.15) is 0 Å². The molecule has 3 heteroatoms. The van der Waals surface area contributed by atoms with Gasteiger partial charge < -0.3 is 5.32 Å². The molecule has 0 amide bonds. The van der Waals surface area contributed by atoms with Gasteiger partial charge in [0.15, 0.2) is 0 Å². The lowest BCUT2D eigenvalue weighted by atomic mass is 10.0. The Balaban J connectivity index is 1.47. The van der Waals surface area contributed by atoms with Crippen molar-refractivity contribution >= 4 is 22.9 Å². The quantitative estimate of drug-likeness (QED) is 0.829. The van der Waals surface area contributed by atoms with Crippen molar-refractivity contribution in [1.82, 2.24) is 5.32 Å². The van der Waals surface area contributed by atoms with E-state index in [1.54, 1.807) is 11.3 Å². The normalized spacial score (nSPS) is 23.0. The fourth-order valence-electron chi connectivity index (χ4n) is 2.47. The molecule has 82 valence electrons. The SMILES string of the molecule is Clc1ccc(CNCC2(C3CC3)CC2)s1. The van der Waals surface area contributed by atoms with Crippen LogP contribution in [0.3, 0.4) is 0 Å². The van der Waals surface area contributed by atoms with Crippen molar-refractivity contribution in [3.63, 3.8) is 0 Å². The van der Waals surface area contributed by atoms with E-state index in [1.807, 2.05) is 6.07 Å². The van der Waals surface area contributed by atoms with Crippen molar-refractivity contribution in [2.75, 3.05) is 6.54 Å². The third kappa shape index (κ3) is 2.22. The molecule has 2 fully saturated rings. The lowest BCUT2D eigenvalue weighted by Crippen LogP contribution is -2.24. The van der Waals surface area contributed by atoms with Gasteiger partial charge in [0.05, 0.1) is 4.34 Å². The van der Waals surface area contributed by atoms with Gasteiger partial charge in [0.25, 0.3) is 0 Å². The van der Waals surface area contributed by atoms with Crippen LogP contribution < -0.4 is 5.32 Å². The van der Waals surface area contributed by atoms with Crippen molar-refractivity contribution in [3.8, 4) is 0 Å². The standard InChI is InChI=1S/C12H16ClNS/c13-11-4-3-10(15-11)7-14-8-12(5-6-12)9-1-2-9/h3-4,9,14H,1-2,5-8H2. The summed E-state index contributed by atoms with van der Waals surface area (Å²) in [5.41, 5.74) is 0.709. The Hall–Kier alpha value is -0.0500. The third-order valence-electron chi connectivity index (χ3n) is 3.74. The highest BCUT2D eigenvalue weighted by Gasteiger charge is 2.53. The average molecular weight is 242 g/mol. The van der Waals surface area contributed by atoms with E-state index in [2.05, 4.69) is 11.4 Å². The molecule has 0 bridgehead atoms. The van der Waals surface area contributed by atoms with Crippen molar-refractivity contribution in [3.05, 3.63) is 21.3 Å². The van der Waals surface area contributed by atoms with E-state index >= 15 is 0 Å². The van der Waals surface area contributed by atoms with Crippen LogP contribution in [0.4, 0.5) is 0 Å². The molecule has 0 saturated heterocycles. The van der Waals surface area contributed by atoms with Crippen LogP contribution in [0.2, 0.25) is 4.34 Å². The van der Waals surface area contributed by atoms with Gasteiger partial charge >= 0.3 is 0 Å². The Bertz CT molecular complexity index is 352. The first-order valence-electron chi connectivity index (χ1n) is 5.73. The van der Waals surface area contributed by atoms with Crippen molar-refractivity contribution in [2.45, 2.75) is 32.2 Å². The van der Waals surface area contributed by atoms with E-state index in [0.29, 0.717) is 5.41 Å². The zero-order chi connectivity index (χ0) is 10.3. The summed E-state index contributed by atoms with van der Waals surface area (Å²) in [6.07, 6.45) is 5.87. The molecule has 1 aromatic heterocycles. The Morgan fingerprint density at radius 1 is 1.40 bits per heavy atom. The Kier molecular flexibility index (Phi) is 2.54. The predicted molar refractivity (Wildman–Crippen MR) is 65.4 cm³/mol. The van der Waals surface area contributed by atoms with E-state index < -0.39 is 0 Å². The summed E-state index contributed by atoms with van der Waals surface area (Å²) in [6.45, 7) is 2.21. The molecular weight excluding hydrogens is 226 g/mol. The number of thiophene rings is 1. The smallest absolute Gasteiger partial charge is 0.0931 e. The van der Waals surface area contributed by atoms with Crippen molar-refractivity contribution < 1.29 is 0 Å². The average Bonchev–Trinajstić information content (AvgIpc) is 3.08. The van der Waals surface area contributed by atoms with Crippen LogP contribution in [-0.2, 0) is 6.54 Å². The van der Waals surface area contributed by atoms with E-state index in [4.69, 9.17) is 11.6 Å². The number of hydrogen-bond donors (Lipinski definition) is 1. The van der Waals surface area contributed by atoms with E-state index in [9.17, 15) is 0 Å². The maximum Gasteiger partial charge on any atom is 0.0931 e. The molecule has 2 saturated carbocycles. The molecule has 0 atom stereocenters. The minimum absolute atomic E-state index is 0.709. The van der Waals surface area contributed by atoms with Gasteiger partial charge in [0, 0.05) is 18.0 Å². The van der Waals surface area contributed by atoms with Crippen LogP contribution in [0, 0.1) is 11.3 Å². The highest BCUT2D eigenvalue weighted by atomic mass is 35.5. The molecule has 3 rings (SSSR count). The van der Waals surface area contributed by atoms with E-state index in [1.165, 1.54) is 37.1 Å². The first kappa shape index (κ1) is 10.1. The summed E-state index contributed by atoms with van der Waals surface area (Å²) in [6, 6.07) is 4.10. The number of halogens is 1. The van der Waals surface area contributed by atoms with E-state index in [0.717, 1.165) is 16.8 Å². The molecule has 2 aliphatic rings. The molecule has 1 aromatic rings. The second kappa shape index (κ2) is 3.76. The minimum atomic E-state index is 0.709. The molecule has 2 aliphatic carbocycles. The van der Waals surface area contributed by atoms with E-state index in [-0.39, 0.29) is 0 Å². The summed E-state index contributed by atoms with van der Waals surface area (Å²) in [4.78, 5) is 1.35. The highest BCUT2D eigenvalue weighted by molar-refractivity contribution is 7.16. The molecule has 1 heterocycles. The van der Waals surface area contributed by atoms with Crippen molar-refractivity contribution in [1.29, 1.82) is 0 Å². The van der Waals surface area contributed by atoms with Crippen LogP contribution in [0.1, 0.15) is 30.6 Å². The maximum atomic E-state index is 5.89. The monoisotopic (exact) mass is 241 g/mol. The number of hydrogen-bond acceptors (Lipinski definition) is 2. The van der Waals surface area contributed by atoms with Crippen LogP contribution in [0.25, 0.3) is 0 Å². The Morgan fingerprint density at radius 3 is 2.73 bits per heavy atom. The van der Waals surface area contributed by atoms with Gasteiger partial charge in [-0.15, -0.1) is 11.3 Å². The molecule has 1 nitrogen and oxygen atoms in total. The van der Waals surface area contributed by atoms with Gasteiger partial charge in [-0.25, -0.2) is 0 Å². The molecule has 0 unspecified atom stereocenters. The van der Waals surface area contributed by atoms with Gasteiger partial charge in [-0.2, -0.15) is 0 Å². The second-order valence-corrected chi connectivity index (χ2v) is 6.75. The molecule has 15 heavy (non-hydrogen) atoms. The lowest BCUT2D eigenvalue weighted by Gasteiger charge is -2.14. The number of nitrogens with one attached hydrogen (secondary N) is 1. The molecular formula is C12H16ClNS. The third-order valence-corrected chi connectivity index (χ3v) is 4.97. The lowest BCUT2D eigenvalue weighted by molar-refractivity contribution is 0.404. The number of rotatable bonds is 5. The van der Waals surface area contributed by atoms with Gasteiger partial charge in [-0.05, 0) is 49.1 Å². The van der Waals surface area contributed by atoms with Crippen LogP contribution in [0.15, 0.2) is 12.1 Å². The topological polar surface area (TPSA) is 12.0 Å². The van der Waals surface area contributed by atoms with Crippen LogP contribution in [-0.4, -0.2) is 6.54 Å². The summed E-state index contributed by atoms with van der Waals surface area (Å²) >= 11 is 7.58. The Morgan fingerprint density at radius 2 is 2.20 bits per heavy atom. The van der Waals surface area contributed by atoms with Crippen LogP contribution >= 0.6 is 22.9 Å². The van der Waals surface area contributed by atoms with Gasteiger partial charge in [-0.1, -0.05) is 11.6 Å². The summed E-state index contributed by atoms with van der Waals surface area (Å²) in [5, 5.41) is 3.59. The highest BCUT2D eigenvalue weighted by Crippen LogP contribution is 2.60.